The molecule has 2 atom stereocenters. The lowest BCUT2D eigenvalue weighted by molar-refractivity contribution is -0.139. The van der Waals surface area contributed by atoms with Crippen LogP contribution in [0.4, 0.5) is 0 Å². The highest BCUT2D eigenvalue weighted by Gasteiger charge is 2.34. The number of hydrogen-bond acceptors (Lipinski definition) is 2. The number of nitrogens with one attached hydrogen (secondary N) is 1. The molecule has 2 aliphatic rings. The third-order valence-corrected chi connectivity index (χ3v) is 6.90. The van der Waals surface area contributed by atoms with Crippen molar-refractivity contribution in [1.29, 1.82) is 0 Å². The van der Waals surface area contributed by atoms with Gasteiger partial charge in [0.15, 0.2) is 0 Å². The number of rotatable bonds is 6. The highest BCUT2D eigenvalue weighted by Crippen LogP contribution is 2.30. The number of hydrogen-bond donors (Lipinski definition) is 1. The molecule has 1 aromatic carbocycles. The quantitative estimate of drug-likeness (QED) is 0.742. The van der Waals surface area contributed by atoms with Gasteiger partial charge in [-0.15, -0.1) is 0 Å². The van der Waals surface area contributed by atoms with Crippen LogP contribution in [0.25, 0.3) is 0 Å². The van der Waals surface area contributed by atoms with E-state index >= 15 is 0 Å². The lowest BCUT2D eigenvalue weighted by atomic mass is 9.88. The molecule has 0 aromatic heterocycles. The van der Waals surface area contributed by atoms with Gasteiger partial charge in [-0.25, -0.2) is 0 Å². The first kappa shape index (κ1) is 21.2. The standard InChI is InChI=1S/C23H33ClN2O2/c1-3-16(2)21(25-22(27)19-6-4-5-7-19)23(28)26-14-12-18(13-15-26)17-8-10-20(24)11-9-17/h8-11,16,18-19,21H,3-7,12-15H2,1-2H3,(H,25,27)/t16-,21+/m0/s1. The molecule has 0 radical (unpaired) electrons. The Bertz CT molecular complexity index is 662. The van der Waals surface area contributed by atoms with Gasteiger partial charge < -0.3 is 10.2 Å². The zero-order valence-electron chi connectivity index (χ0n) is 17.1. The smallest absolute Gasteiger partial charge is 0.245 e. The van der Waals surface area contributed by atoms with E-state index in [4.69, 9.17) is 11.6 Å². The van der Waals surface area contributed by atoms with Crippen LogP contribution in [0.5, 0.6) is 0 Å². The van der Waals surface area contributed by atoms with Gasteiger partial charge in [-0.05, 0) is 55.2 Å². The number of likely N-dealkylation sites (tertiary alicyclic amines) is 1. The molecule has 0 spiro atoms. The van der Waals surface area contributed by atoms with Gasteiger partial charge in [0.1, 0.15) is 6.04 Å². The van der Waals surface area contributed by atoms with Crippen LogP contribution in [0.1, 0.15) is 70.3 Å². The summed E-state index contributed by atoms with van der Waals surface area (Å²) in [5.41, 5.74) is 1.30. The maximum absolute atomic E-state index is 13.2. The molecule has 1 saturated heterocycles. The molecule has 2 amide bonds. The normalized spacial score (nSPS) is 20.8. The molecule has 4 nitrogen and oxygen atoms in total. The zero-order chi connectivity index (χ0) is 20.1. The van der Waals surface area contributed by atoms with Crippen molar-refractivity contribution in [2.75, 3.05) is 13.1 Å². The predicted molar refractivity (Wildman–Crippen MR) is 113 cm³/mol. The minimum Gasteiger partial charge on any atom is -0.344 e. The van der Waals surface area contributed by atoms with E-state index in [1.165, 1.54) is 5.56 Å². The summed E-state index contributed by atoms with van der Waals surface area (Å²) in [5.74, 6) is 0.876. The first-order chi connectivity index (χ1) is 13.5. The van der Waals surface area contributed by atoms with Crippen LogP contribution in [0.15, 0.2) is 24.3 Å². The Labute approximate surface area is 174 Å². The van der Waals surface area contributed by atoms with E-state index in [2.05, 4.69) is 31.3 Å². The van der Waals surface area contributed by atoms with Crippen molar-refractivity contribution in [3.05, 3.63) is 34.9 Å². The second kappa shape index (κ2) is 9.78. The Morgan fingerprint density at radius 3 is 2.29 bits per heavy atom. The van der Waals surface area contributed by atoms with E-state index in [-0.39, 0.29) is 23.7 Å². The molecule has 0 bridgehead atoms. The molecule has 1 aliphatic carbocycles. The van der Waals surface area contributed by atoms with Crippen LogP contribution in [0, 0.1) is 11.8 Å². The summed E-state index contributed by atoms with van der Waals surface area (Å²) in [5, 5.41) is 3.87. The number of halogens is 1. The fraction of sp³-hybridized carbons (Fsp3) is 0.652. The van der Waals surface area contributed by atoms with Crippen molar-refractivity contribution < 1.29 is 9.59 Å². The molecule has 5 heteroatoms. The summed E-state index contributed by atoms with van der Waals surface area (Å²) in [6.07, 6.45) is 6.95. The molecule has 3 rings (SSSR count). The molecule has 1 aromatic rings. The van der Waals surface area contributed by atoms with Gasteiger partial charge in [-0.3, -0.25) is 9.59 Å². The minimum absolute atomic E-state index is 0.0761. The third-order valence-electron chi connectivity index (χ3n) is 6.65. The molecule has 28 heavy (non-hydrogen) atoms. The van der Waals surface area contributed by atoms with Crippen LogP contribution in [-0.2, 0) is 9.59 Å². The molecule has 2 fully saturated rings. The summed E-state index contributed by atoms with van der Waals surface area (Å²) >= 11 is 5.99. The van der Waals surface area contributed by atoms with Crippen LogP contribution in [0.2, 0.25) is 5.02 Å². The predicted octanol–water partition coefficient (Wildman–Crippen LogP) is 4.77. The molecular formula is C23H33ClN2O2. The van der Waals surface area contributed by atoms with Crippen molar-refractivity contribution >= 4 is 23.4 Å². The first-order valence-corrected chi connectivity index (χ1v) is 11.2. The fourth-order valence-corrected chi connectivity index (χ4v) is 4.63. The summed E-state index contributed by atoms with van der Waals surface area (Å²) in [6, 6.07) is 7.66. The fourth-order valence-electron chi connectivity index (χ4n) is 4.51. The van der Waals surface area contributed by atoms with Gasteiger partial charge in [0.05, 0.1) is 0 Å². The van der Waals surface area contributed by atoms with E-state index in [9.17, 15) is 9.59 Å². The SMILES string of the molecule is CC[C@H](C)[C@@H](NC(=O)C1CCCC1)C(=O)N1CCC(c2ccc(Cl)cc2)CC1. The Kier molecular flexibility index (Phi) is 7.39. The Hall–Kier alpha value is -1.55. The van der Waals surface area contributed by atoms with Crippen molar-refractivity contribution in [2.45, 2.75) is 70.8 Å². The molecular weight excluding hydrogens is 372 g/mol. The highest BCUT2D eigenvalue weighted by atomic mass is 35.5. The average molecular weight is 405 g/mol. The monoisotopic (exact) mass is 404 g/mol. The maximum Gasteiger partial charge on any atom is 0.245 e. The topological polar surface area (TPSA) is 49.4 Å². The number of piperidine rings is 1. The zero-order valence-corrected chi connectivity index (χ0v) is 17.9. The van der Waals surface area contributed by atoms with E-state index in [0.717, 1.165) is 63.1 Å². The van der Waals surface area contributed by atoms with Gasteiger partial charge >= 0.3 is 0 Å². The van der Waals surface area contributed by atoms with Crippen molar-refractivity contribution in [2.24, 2.45) is 11.8 Å². The summed E-state index contributed by atoms with van der Waals surface area (Å²) in [7, 11) is 0. The summed E-state index contributed by atoms with van der Waals surface area (Å²) < 4.78 is 0. The lowest BCUT2D eigenvalue weighted by Crippen LogP contribution is -2.54. The van der Waals surface area contributed by atoms with Crippen LogP contribution >= 0.6 is 11.6 Å². The van der Waals surface area contributed by atoms with Crippen molar-refractivity contribution in [3.8, 4) is 0 Å². The number of carbonyl (C=O) groups is 2. The molecule has 154 valence electrons. The Morgan fingerprint density at radius 1 is 1.11 bits per heavy atom. The van der Waals surface area contributed by atoms with Gasteiger partial charge in [0.2, 0.25) is 11.8 Å². The summed E-state index contributed by atoms with van der Waals surface area (Å²) in [6.45, 7) is 5.65. The van der Waals surface area contributed by atoms with Gasteiger partial charge in [-0.2, -0.15) is 0 Å². The molecule has 1 N–H and O–H groups in total. The number of nitrogens with zero attached hydrogens (tertiary/aromatic N) is 1. The molecule has 0 unspecified atom stereocenters. The average Bonchev–Trinajstić information content (AvgIpc) is 3.26. The largest absolute Gasteiger partial charge is 0.344 e. The number of amides is 2. The van der Waals surface area contributed by atoms with Crippen LogP contribution < -0.4 is 5.32 Å². The van der Waals surface area contributed by atoms with E-state index < -0.39 is 6.04 Å². The second-order valence-corrected chi connectivity index (χ2v) is 8.94. The van der Waals surface area contributed by atoms with Crippen LogP contribution in [-0.4, -0.2) is 35.8 Å². The third kappa shape index (κ3) is 5.08. The van der Waals surface area contributed by atoms with Gasteiger partial charge in [0.25, 0.3) is 0 Å². The van der Waals surface area contributed by atoms with Crippen molar-refractivity contribution in [3.63, 3.8) is 0 Å². The first-order valence-electron chi connectivity index (χ1n) is 10.8. The maximum atomic E-state index is 13.2. The Balaban J connectivity index is 1.59. The number of carbonyl (C=O) groups excluding carboxylic acids is 2. The lowest BCUT2D eigenvalue weighted by Gasteiger charge is -2.36. The van der Waals surface area contributed by atoms with Crippen LogP contribution in [0.3, 0.4) is 0 Å². The van der Waals surface area contributed by atoms with E-state index in [1.54, 1.807) is 0 Å². The van der Waals surface area contributed by atoms with Crippen molar-refractivity contribution in [1.82, 2.24) is 10.2 Å². The second-order valence-electron chi connectivity index (χ2n) is 8.50. The van der Waals surface area contributed by atoms with Gasteiger partial charge in [-0.1, -0.05) is 56.8 Å². The van der Waals surface area contributed by atoms with E-state index in [1.807, 2.05) is 17.0 Å². The minimum atomic E-state index is -0.398. The highest BCUT2D eigenvalue weighted by molar-refractivity contribution is 6.30. The summed E-state index contributed by atoms with van der Waals surface area (Å²) in [4.78, 5) is 27.8. The molecule has 1 heterocycles. The van der Waals surface area contributed by atoms with Gasteiger partial charge in [0, 0.05) is 24.0 Å². The molecule has 1 aliphatic heterocycles. The number of benzene rings is 1. The van der Waals surface area contributed by atoms with E-state index in [0.29, 0.717) is 5.92 Å². The Morgan fingerprint density at radius 2 is 1.71 bits per heavy atom. The molecule has 1 saturated carbocycles.